The predicted molar refractivity (Wildman–Crippen MR) is 82.9 cm³/mol. The van der Waals surface area contributed by atoms with Gasteiger partial charge in [-0.05, 0) is 51.9 Å². The molecule has 4 heteroatoms. The second kappa shape index (κ2) is 6.86. The summed E-state index contributed by atoms with van der Waals surface area (Å²) in [5.41, 5.74) is 2.25. The second-order valence-corrected chi connectivity index (χ2v) is 5.74. The highest BCUT2D eigenvalue weighted by atomic mass is 16.5. The minimum atomic E-state index is -0.0342. The maximum absolute atomic E-state index is 5.40. The van der Waals surface area contributed by atoms with Crippen molar-refractivity contribution in [3.05, 3.63) is 30.6 Å². The van der Waals surface area contributed by atoms with Gasteiger partial charge in [0.1, 0.15) is 0 Å². The van der Waals surface area contributed by atoms with Crippen LogP contribution in [-0.4, -0.2) is 35.4 Å². The van der Waals surface area contributed by atoms with E-state index < -0.39 is 0 Å². The van der Waals surface area contributed by atoms with Crippen LogP contribution in [-0.2, 0) is 11.3 Å². The van der Waals surface area contributed by atoms with E-state index in [2.05, 4.69) is 46.9 Å². The van der Waals surface area contributed by atoms with E-state index in [1.807, 2.05) is 12.4 Å². The molecule has 1 aromatic carbocycles. The molecule has 2 aromatic rings. The molecular weight excluding hydrogens is 250 g/mol. The Balaban J connectivity index is 1.69. The number of fused-ring (bicyclic) bond motifs is 1. The molecule has 4 nitrogen and oxygen atoms in total. The van der Waals surface area contributed by atoms with E-state index in [0.717, 1.165) is 38.0 Å². The number of hydrogen-bond donors (Lipinski definition) is 1. The fourth-order valence-corrected chi connectivity index (χ4v) is 2.18. The van der Waals surface area contributed by atoms with Gasteiger partial charge in [0.2, 0.25) is 0 Å². The average molecular weight is 275 g/mol. The van der Waals surface area contributed by atoms with Gasteiger partial charge in [-0.15, -0.1) is 0 Å². The van der Waals surface area contributed by atoms with Gasteiger partial charge in [-0.3, -0.25) is 0 Å². The molecule has 110 valence electrons. The quantitative estimate of drug-likeness (QED) is 0.753. The van der Waals surface area contributed by atoms with Crippen LogP contribution in [0.4, 0.5) is 0 Å². The molecule has 0 aliphatic rings. The molecule has 1 aromatic heterocycles. The van der Waals surface area contributed by atoms with E-state index in [1.165, 1.54) is 5.52 Å². The van der Waals surface area contributed by atoms with Gasteiger partial charge in [0.25, 0.3) is 0 Å². The van der Waals surface area contributed by atoms with Gasteiger partial charge in [-0.25, -0.2) is 4.98 Å². The first-order chi connectivity index (χ1) is 9.62. The Kier molecular flexibility index (Phi) is 5.15. The first-order valence-electron chi connectivity index (χ1n) is 7.28. The summed E-state index contributed by atoms with van der Waals surface area (Å²) in [7, 11) is 1.77. The van der Waals surface area contributed by atoms with Crippen molar-refractivity contribution in [2.45, 2.75) is 38.8 Å². The Labute approximate surface area is 121 Å². The molecule has 1 heterocycles. The van der Waals surface area contributed by atoms with Crippen molar-refractivity contribution < 1.29 is 4.74 Å². The van der Waals surface area contributed by atoms with E-state index in [-0.39, 0.29) is 5.60 Å². The summed E-state index contributed by atoms with van der Waals surface area (Å²) in [6.45, 7) is 7.25. The Morgan fingerprint density at radius 2 is 2.05 bits per heavy atom. The summed E-state index contributed by atoms with van der Waals surface area (Å²) in [5, 5.41) is 3.47. The smallest absolute Gasteiger partial charge is 0.0958 e. The Morgan fingerprint density at radius 1 is 1.25 bits per heavy atom. The SMILES string of the molecule is COC(C)(C)CCNCCCn1cnc2ccccc21. The predicted octanol–water partition coefficient (Wildman–Crippen LogP) is 2.83. The molecule has 0 radical (unpaired) electrons. The second-order valence-electron chi connectivity index (χ2n) is 5.74. The third-order valence-electron chi connectivity index (χ3n) is 3.74. The molecule has 0 saturated carbocycles. The highest BCUT2D eigenvalue weighted by Crippen LogP contribution is 2.12. The number of aromatic nitrogens is 2. The van der Waals surface area contributed by atoms with Gasteiger partial charge < -0.3 is 14.6 Å². The maximum atomic E-state index is 5.40. The van der Waals surface area contributed by atoms with E-state index in [4.69, 9.17) is 4.74 Å². The van der Waals surface area contributed by atoms with Gasteiger partial charge in [0.05, 0.1) is 23.0 Å². The van der Waals surface area contributed by atoms with Gasteiger partial charge in [-0.2, -0.15) is 0 Å². The fraction of sp³-hybridized carbons (Fsp3) is 0.562. The molecule has 0 spiro atoms. The molecular formula is C16H25N3O. The summed E-state index contributed by atoms with van der Waals surface area (Å²) in [6, 6.07) is 8.26. The van der Waals surface area contributed by atoms with Gasteiger partial charge in [-0.1, -0.05) is 12.1 Å². The number of ether oxygens (including phenoxy) is 1. The Hall–Kier alpha value is -1.39. The molecule has 0 unspecified atom stereocenters. The fourth-order valence-electron chi connectivity index (χ4n) is 2.18. The number of nitrogens with zero attached hydrogens (tertiary/aromatic N) is 2. The lowest BCUT2D eigenvalue weighted by Gasteiger charge is -2.22. The first-order valence-corrected chi connectivity index (χ1v) is 7.28. The molecule has 0 fully saturated rings. The Bertz CT molecular complexity index is 533. The zero-order valence-corrected chi connectivity index (χ0v) is 12.7. The number of rotatable bonds is 8. The third kappa shape index (κ3) is 4.05. The number of aryl methyl sites for hydroxylation is 1. The number of hydrogen-bond acceptors (Lipinski definition) is 3. The highest BCUT2D eigenvalue weighted by molar-refractivity contribution is 5.74. The first kappa shape index (κ1) is 15.0. The van der Waals surface area contributed by atoms with Crippen LogP contribution in [0.5, 0.6) is 0 Å². The van der Waals surface area contributed by atoms with Gasteiger partial charge in [0, 0.05) is 13.7 Å². The van der Waals surface area contributed by atoms with Gasteiger partial charge in [0.15, 0.2) is 0 Å². The standard InChI is InChI=1S/C16H25N3O/c1-16(2,20-3)9-11-17-10-6-12-19-13-18-14-7-4-5-8-15(14)19/h4-5,7-8,13,17H,6,9-12H2,1-3H3. The molecule has 0 saturated heterocycles. The number of methoxy groups -OCH3 is 1. The molecule has 2 rings (SSSR count). The summed E-state index contributed by atoms with van der Waals surface area (Å²) in [6.07, 6.45) is 4.06. The summed E-state index contributed by atoms with van der Waals surface area (Å²) in [4.78, 5) is 4.40. The number of para-hydroxylation sites is 2. The molecule has 0 aliphatic carbocycles. The van der Waals surface area contributed by atoms with Crippen molar-refractivity contribution in [1.29, 1.82) is 0 Å². The van der Waals surface area contributed by atoms with Crippen molar-refractivity contribution in [2.24, 2.45) is 0 Å². The summed E-state index contributed by atoms with van der Waals surface area (Å²) < 4.78 is 7.62. The van der Waals surface area contributed by atoms with E-state index >= 15 is 0 Å². The Morgan fingerprint density at radius 3 is 2.85 bits per heavy atom. The molecule has 1 N–H and O–H groups in total. The van der Waals surface area contributed by atoms with E-state index in [0.29, 0.717) is 0 Å². The lowest BCUT2D eigenvalue weighted by atomic mass is 10.1. The van der Waals surface area contributed by atoms with Crippen molar-refractivity contribution in [3.8, 4) is 0 Å². The van der Waals surface area contributed by atoms with Crippen molar-refractivity contribution in [2.75, 3.05) is 20.2 Å². The zero-order chi connectivity index (χ0) is 14.4. The maximum Gasteiger partial charge on any atom is 0.0958 e. The van der Waals surface area contributed by atoms with Crippen LogP contribution in [0.25, 0.3) is 11.0 Å². The summed E-state index contributed by atoms with van der Waals surface area (Å²) >= 11 is 0. The zero-order valence-electron chi connectivity index (χ0n) is 12.7. The molecule has 20 heavy (non-hydrogen) atoms. The normalized spacial score (nSPS) is 12.2. The molecule has 0 bridgehead atoms. The van der Waals surface area contributed by atoms with Crippen LogP contribution < -0.4 is 5.32 Å². The topological polar surface area (TPSA) is 39.1 Å². The van der Waals surface area contributed by atoms with Crippen molar-refractivity contribution in [3.63, 3.8) is 0 Å². The average Bonchev–Trinajstić information content (AvgIpc) is 2.86. The van der Waals surface area contributed by atoms with Crippen LogP contribution in [0.1, 0.15) is 26.7 Å². The molecule has 0 aliphatic heterocycles. The lowest BCUT2D eigenvalue weighted by molar-refractivity contribution is 0.0159. The number of imidazole rings is 1. The minimum Gasteiger partial charge on any atom is -0.379 e. The van der Waals surface area contributed by atoms with Crippen LogP contribution in [0.2, 0.25) is 0 Å². The van der Waals surface area contributed by atoms with Crippen molar-refractivity contribution in [1.82, 2.24) is 14.9 Å². The van der Waals surface area contributed by atoms with Crippen LogP contribution >= 0.6 is 0 Å². The monoisotopic (exact) mass is 275 g/mol. The van der Waals surface area contributed by atoms with Crippen molar-refractivity contribution >= 4 is 11.0 Å². The highest BCUT2D eigenvalue weighted by Gasteiger charge is 2.14. The largest absolute Gasteiger partial charge is 0.379 e. The summed E-state index contributed by atoms with van der Waals surface area (Å²) in [5.74, 6) is 0. The third-order valence-corrected chi connectivity index (χ3v) is 3.74. The lowest BCUT2D eigenvalue weighted by Crippen LogP contribution is -2.29. The minimum absolute atomic E-state index is 0.0342. The molecule has 0 amide bonds. The van der Waals surface area contributed by atoms with Crippen LogP contribution in [0.15, 0.2) is 30.6 Å². The molecule has 0 atom stereocenters. The van der Waals surface area contributed by atoms with E-state index in [9.17, 15) is 0 Å². The number of nitrogens with one attached hydrogen (secondary N) is 1. The van der Waals surface area contributed by atoms with Crippen LogP contribution in [0.3, 0.4) is 0 Å². The van der Waals surface area contributed by atoms with Gasteiger partial charge >= 0.3 is 0 Å². The number of benzene rings is 1. The van der Waals surface area contributed by atoms with E-state index in [1.54, 1.807) is 7.11 Å². The van der Waals surface area contributed by atoms with Crippen LogP contribution in [0, 0.1) is 0 Å².